The summed E-state index contributed by atoms with van der Waals surface area (Å²) >= 11 is 26.1. The molecular weight excluding hydrogens is 724 g/mol. The van der Waals surface area contributed by atoms with Crippen LogP contribution < -0.4 is 4.48 Å². The Bertz CT molecular complexity index is 1830. The van der Waals surface area contributed by atoms with E-state index in [2.05, 4.69) is 19.8 Å². The molecule has 7 nitrogen and oxygen atoms in total. The summed E-state index contributed by atoms with van der Waals surface area (Å²) in [5, 5.41) is 1.18. The quantitative estimate of drug-likeness (QED) is 0.144. The van der Waals surface area contributed by atoms with Gasteiger partial charge in [-0.3, -0.25) is 14.6 Å². The monoisotopic (exact) mass is 755 g/mol. The van der Waals surface area contributed by atoms with Crippen molar-refractivity contribution in [2.75, 3.05) is 39.3 Å². The summed E-state index contributed by atoms with van der Waals surface area (Å²) in [5.41, 5.74) is 2.44. The lowest BCUT2D eigenvalue weighted by Crippen LogP contribution is -2.57. The first kappa shape index (κ1) is 35.0. The van der Waals surface area contributed by atoms with Crippen LogP contribution in [-0.2, 0) is 17.9 Å². The van der Waals surface area contributed by atoms with Gasteiger partial charge in [0.1, 0.15) is 27.9 Å². The number of amides is 1. The molecule has 0 atom stereocenters. The molecule has 0 N–H and O–H groups in total. The molecule has 4 aromatic rings. The van der Waals surface area contributed by atoms with Crippen LogP contribution in [0.15, 0.2) is 97.1 Å². The molecule has 258 valence electrons. The van der Waals surface area contributed by atoms with Crippen molar-refractivity contribution in [1.29, 1.82) is 0 Å². The summed E-state index contributed by atoms with van der Waals surface area (Å²) in [4.78, 5) is 30.7. The number of hydrogen-bond acceptors (Lipinski definition) is 5. The van der Waals surface area contributed by atoms with Gasteiger partial charge in [-0.05, 0) is 53.6 Å². The standard InChI is InChI=1S/C37H33Cl4F2N6O/c38-28-12-32(40)35(44-14-28)49(36-33(41)13-29(39)15-45-36)11-1-2-34(49)37(50)48(22-26-18-46(19-26)16-24-3-7-30(42)8-4-24)23-27-20-47(21-27)17-25-5-9-31(43)10-6-25/h1-15,26-27H,16-23H2/q+1. The molecule has 2 saturated heterocycles. The minimum atomic E-state index is -0.343. The van der Waals surface area contributed by atoms with Gasteiger partial charge in [-0.15, -0.1) is 0 Å². The van der Waals surface area contributed by atoms with E-state index in [1.54, 1.807) is 54.8 Å². The first-order valence-electron chi connectivity index (χ1n) is 16.2. The van der Waals surface area contributed by atoms with Crippen molar-refractivity contribution >= 4 is 63.9 Å². The molecule has 7 rings (SSSR count). The van der Waals surface area contributed by atoms with Gasteiger partial charge in [0.25, 0.3) is 11.6 Å². The summed E-state index contributed by atoms with van der Waals surface area (Å²) in [7, 11) is 0. The van der Waals surface area contributed by atoms with Gasteiger partial charge >= 0.3 is 5.91 Å². The number of carbonyl (C=O) groups excluding carboxylic acids is 1. The number of allylic oxidation sites excluding steroid dienone is 2. The van der Waals surface area contributed by atoms with Gasteiger partial charge in [-0.1, -0.05) is 70.7 Å². The molecule has 3 aliphatic rings. The number of pyridine rings is 2. The maximum absolute atomic E-state index is 14.9. The Morgan fingerprint density at radius 2 is 1.18 bits per heavy atom. The average Bonchev–Trinajstić information content (AvgIpc) is 3.48. The average molecular weight is 758 g/mol. The van der Waals surface area contributed by atoms with Gasteiger partial charge in [0.2, 0.25) is 5.70 Å². The Balaban J connectivity index is 1.14. The van der Waals surface area contributed by atoms with Crippen LogP contribution in [0.5, 0.6) is 0 Å². The second kappa shape index (κ2) is 14.7. The summed E-state index contributed by atoms with van der Waals surface area (Å²) in [5.74, 6) is 0.416. The number of aromatic nitrogens is 2. The summed E-state index contributed by atoms with van der Waals surface area (Å²) in [6.07, 6.45) is 8.29. The molecule has 0 spiro atoms. The first-order chi connectivity index (χ1) is 24.1. The Morgan fingerprint density at radius 3 is 1.60 bits per heavy atom. The van der Waals surface area contributed by atoms with E-state index in [9.17, 15) is 13.6 Å². The molecule has 0 aliphatic carbocycles. The maximum atomic E-state index is 14.9. The molecule has 50 heavy (non-hydrogen) atoms. The lowest BCUT2D eigenvalue weighted by molar-refractivity contribution is -0.131. The van der Waals surface area contributed by atoms with E-state index >= 15 is 0 Å². The van der Waals surface area contributed by atoms with E-state index in [0.717, 1.165) is 37.3 Å². The van der Waals surface area contributed by atoms with Gasteiger partial charge in [-0.25, -0.2) is 18.7 Å². The van der Waals surface area contributed by atoms with Gasteiger partial charge < -0.3 is 4.90 Å². The zero-order chi connectivity index (χ0) is 35.0. The van der Waals surface area contributed by atoms with Crippen LogP contribution in [0.25, 0.3) is 0 Å². The van der Waals surface area contributed by atoms with Crippen molar-refractivity contribution in [3.63, 3.8) is 0 Å². The van der Waals surface area contributed by atoms with Crippen LogP contribution >= 0.6 is 46.4 Å². The number of halogens is 6. The topological polar surface area (TPSA) is 52.6 Å². The fourth-order valence-corrected chi connectivity index (χ4v) is 8.08. The molecule has 1 amide bonds. The van der Waals surface area contributed by atoms with Gasteiger partial charge in [-0.2, -0.15) is 4.48 Å². The zero-order valence-electron chi connectivity index (χ0n) is 26.8. The van der Waals surface area contributed by atoms with Crippen LogP contribution in [-0.4, -0.2) is 69.8 Å². The molecule has 0 bridgehead atoms. The van der Waals surface area contributed by atoms with Crippen molar-refractivity contribution in [3.8, 4) is 0 Å². The molecule has 0 radical (unpaired) electrons. The highest BCUT2D eigenvalue weighted by atomic mass is 35.5. The largest absolute Gasteiger partial charge is 0.333 e. The Hall–Kier alpha value is -3.41. The lowest BCUT2D eigenvalue weighted by Gasteiger charge is -2.45. The molecule has 2 fully saturated rings. The summed E-state index contributed by atoms with van der Waals surface area (Å²) < 4.78 is 26.6. The van der Waals surface area contributed by atoms with Crippen molar-refractivity contribution < 1.29 is 13.6 Å². The minimum absolute atomic E-state index is 0.190. The van der Waals surface area contributed by atoms with E-state index in [0.29, 0.717) is 53.6 Å². The Kier molecular flexibility index (Phi) is 10.3. The second-order valence-electron chi connectivity index (χ2n) is 13.1. The van der Waals surface area contributed by atoms with E-state index in [4.69, 9.17) is 46.4 Å². The van der Waals surface area contributed by atoms with Crippen molar-refractivity contribution in [3.05, 3.63) is 140 Å². The fraction of sp³-hybridized carbons (Fsp3) is 0.270. The van der Waals surface area contributed by atoms with Crippen LogP contribution in [0.2, 0.25) is 20.1 Å². The van der Waals surface area contributed by atoms with E-state index in [1.165, 1.54) is 36.7 Å². The van der Waals surface area contributed by atoms with Gasteiger partial charge in [0.05, 0.1) is 22.4 Å². The fourth-order valence-electron chi connectivity index (χ4n) is 7.05. The first-order valence-corrected chi connectivity index (χ1v) is 17.7. The number of carbonyl (C=O) groups is 1. The third-order valence-corrected chi connectivity index (χ3v) is 10.3. The smallest absolute Gasteiger partial charge is 0.309 e. The highest BCUT2D eigenvalue weighted by Crippen LogP contribution is 2.48. The molecule has 0 saturated carbocycles. The van der Waals surface area contributed by atoms with Crippen molar-refractivity contribution in [1.82, 2.24) is 29.2 Å². The highest BCUT2D eigenvalue weighted by Gasteiger charge is 2.50. The molecule has 13 heteroatoms. The SMILES string of the molecule is O=C(C1=CC=C[N+]1(c1ncc(Cl)cc1Cl)c1ncc(Cl)cc1Cl)N(CC1CN(Cc2ccc(F)cc2)C1)CC1CN(Cc2ccc(F)cc2)C1. The third-order valence-electron chi connectivity index (χ3n) is 9.36. The van der Waals surface area contributed by atoms with Crippen LogP contribution in [0.3, 0.4) is 0 Å². The lowest BCUT2D eigenvalue weighted by atomic mass is 9.95. The highest BCUT2D eigenvalue weighted by molar-refractivity contribution is 6.37. The summed E-state index contributed by atoms with van der Waals surface area (Å²) in [6, 6.07) is 16.3. The number of likely N-dealkylation sites (tertiary alicyclic amines) is 2. The Morgan fingerprint density at radius 1 is 0.740 bits per heavy atom. The van der Waals surface area contributed by atoms with Crippen molar-refractivity contribution in [2.24, 2.45) is 11.8 Å². The number of hydrogen-bond donors (Lipinski definition) is 0. The third kappa shape index (κ3) is 7.32. The molecular formula is C37H33Cl4F2N6O+. The van der Waals surface area contributed by atoms with E-state index in [-0.39, 0.29) is 43.9 Å². The molecule has 0 unspecified atom stereocenters. The number of rotatable bonds is 11. The maximum Gasteiger partial charge on any atom is 0.309 e. The summed E-state index contributed by atoms with van der Waals surface area (Å²) in [6.45, 7) is 5.69. The predicted molar refractivity (Wildman–Crippen MR) is 194 cm³/mol. The number of quaternary nitrogens is 1. The predicted octanol–water partition coefficient (Wildman–Crippen LogP) is 8.51. The molecule has 5 heterocycles. The second-order valence-corrected chi connectivity index (χ2v) is 14.8. The van der Waals surface area contributed by atoms with Crippen LogP contribution in [0, 0.1) is 23.5 Å². The molecule has 3 aliphatic heterocycles. The van der Waals surface area contributed by atoms with E-state index in [1.807, 2.05) is 4.90 Å². The molecule has 2 aromatic heterocycles. The van der Waals surface area contributed by atoms with Crippen LogP contribution in [0.1, 0.15) is 11.1 Å². The van der Waals surface area contributed by atoms with Crippen molar-refractivity contribution in [2.45, 2.75) is 13.1 Å². The van der Waals surface area contributed by atoms with Crippen LogP contribution in [0.4, 0.5) is 20.4 Å². The van der Waals surface area contributed by atoms with Gasteiger partial charge in [0, 0.05) is 70.3 Å². The van der Waals surface area contributed by atoms with E-state index < -0.39 is 0 Å². The molecule has 2 aromatic carbocycles. The number of benzene rings is 2. The normalized spacial score (nSPS) is 17.8. The number of nitrogens with zero attached hydrogens (tertiary/aromatic N) is 6. The minimum Gasteiger partial charge on any atom is -0.333 e. The van der Waals surface area contributed by atoms with Gasteiger partial charge in [0.15, 0.2) is 0 Å². The Labute approximate surface area is 309 Å². The zero-order valence-corrected chi connectivity index (χ0v) is 29.9.